The topological polar surface area (TPSA) is 84.1 Å². The fraction of sp³-hybridized carbons (Fsp3) is 0.278. The van der Waals surface area contributed by atoms with E-state index >= 15 is 0 Å². The Bertz CT molecular complexity index is 894. The molecule has 9 heteroatoms. The summed E-state index contributed by atoms with van der Waals surface area (Å²) in [5.41, 5.74) is 1.56. The molecule has 0 saturated carbocycles. The summed E-state index contributed by atoms with van der Waals surface area (Å²) in [6.45, 7) is -0.411. The minimum Gasteiger partial charge on any atom is -0.394 e. The van der Waals surface area contributed by atoms with Gasteiger partial charge < -0.3 is 10.2 Å². The molecule has 0 aliphatic carbocycles. The third-order valence-electron chi connectivity index (χ3n) is 3.97. The van der Waals surface area contributed by atoms with E-state index in [1.54, 1.807) is 12.1 Å². The lowest BCUT2D eigenvalue weighted by molar-refractivity contribution is -0.137. The predicted molar refractivity (Wildman–Crippen MR) is 90.6 cm³/mol. The van der Waals surface area contributed by atoms with Gasteiger partial charge in [-0.15, -0.1) is 10.2 Å². The van der Waals surface area contributed by atoms with Crippen molar-refractivity contribution in [1.82, 2.24) is 20.2 Å². The van der Waals surface area contributed by atoms with E-state index in [1.165, 1.54) is 16.9 Å². The average Bonchev–Trinajstić information content (AvgIpc) is 3.10. The maximum Gasteiger partial charge on any atom is 0.416 e. The molecule has 1 atom stereocenters. The van der Waals surface area contributed by atoms with Crippen LogP contribution in [0.3, 0.4) is 0 Å². The summed E-state index contributed by atoms with van der Waals surface area (Å²) in [6, 6.07) is 12.3. The van der Waals surface area contributed by atoms with Crippen LogP contribution in [0.2, 0.25) is 0 Å². The summed E-state index contributed by atoms with van der Waals surface area (Å²) in [4.78, 5) is 1.19. The van der Waals surface area contributed by atoms with Crippen LogP contribution in [0, 0.1) is 0 Å². The number of tetrazole rings is 1. The molecule has 6 nitrogen and oxygen atoms in total. The van der Waals surface area contributed by atoms with Crippen LogP contribution in [0.1, 0.15) is 16.7 Å². The van der Waals surface area contributed by atoms with Crippen molar-refractivity contribution in [3.63, 3.8) is 0 Å². The molecule has 0 aliphatic heterocycles. The standard InChI is InChI=1S/C18H17F3N4O2/c19-18(20,21)14-7-5-12(6-8-14)9-13-3-1-2-4-16(13)17-22-24-25(23-17)10-15(27)11-26/h1-8,15,26-27H,9-11H2. The largest absolute Gasteiger partial charge is 0.416 e. The summed E-state index contributed by atoms with van der Waals surface area (Å²) < 4.78 is 38.1. The molecule has 1 heterocycles. The molecule has 1 unspecified atom stereocenters. The van der Waals surface area contributed by atoms with Gasteiger partial charge in [0.25, 0.3) is 0 Å². The summed E-state index contributed by atoms with van der Waals surface area (Å²) in [6.07, 6.45) is -4.95. The quantitative estimate of drug-likeness (QED) is 0.688. The maximum absolute atomic E-state index is 12.7. The Morgan fingerprint density at radius 3 is 2.41 bits per heavy atom. The minimum absolute atomic E-state index is 0.00454. The molecule has 142 valence electrons. The molecule has 0 radical (unpaired) electrons. The lowest BCUT2D eigenvalue weighted by Gasteiger charge is -2.09. The van der Waals surface area contributed by atoms with E-state index in [0.717, 1.165) is 23.3 Å². The van der Waals surface area contributed by atoms with E-state index in [9.17, 15) is 18.3 Å². The fourth-order valence-electron chi connectivity index (χ4n) is 2.60. The van der Waals surface area contributed by atoms with Crippen LogP contribution in [-0.2, 0) is 19.1 Å². The Hall–Kier alpha value is -2.78. The number of alkyl halides is 3. The summed E-state index contributed by atoms with van der Waals surface area (Å²) in [7, 11) is 0. The number of aliphatic hydroxyl groups excluding tert-OH is 2. The minimum atomic E-state index is -4.36. The second-order valence-electron chi connectivity index (χ2n) is 6.03. The Morgan fingerprint density at radius 1 is 1.04 bits per heavy atom. The Kier molecular flexibility index (Phi) is 5.52. The highest BCUT2D eigenvalue weighted by molar-refractivity contribution is 5.60. The van der Waals surface area contributed by atoms with E-state index in [4.69, 9.17) is 5.11 Å². The van der Waals surface area contributed by atoms with Crippen LogP contribution >= 0.6 is 0 Å². The molecule has 3 aromatic rings. The van der Waals surface area contributed by atoms with Crippen LogP contribution < -0.4 is 0 Å². The van der Waals surface area contributed by atoms with Crippen LogP contribution in [-0.4, -0.2) is 43.1 Å². The zero-order chi connectivity index (χ0) is 19.4. The number of hydrogen-bond donors (Lipinski definition) is 2. The summed E-state index contributed by atoms with van der Waals surface area (Å²) >= 11 is 0. The zero-order valence-corrected chi connectivity index (χ0v) is 14.1. The number of halogens is 3. The van der Waals surface area contributed by atoms with Gasteiger partial charge in [-0.1, -0.05) is 36.4 Å². The first-order valence-corrected chi connectivity index (χ1v) is 8.18. The van der Waals surface area contributed by atoms with Crippen molar-refractivity contribution in [2.24, 2.45) is 0 Å². The van der Waals surface area contributed by atoms with Gasteiger partial charge >= 0.3 is 6.18 Å². The SMILES string of the molecule is OCC(O)Cn1nnc(-c2ccccc2Cc2ccc(C(F)(F)F)cc2)n1. The lowest BCUT2D eigenvalue weighted by Crippen LogP contribution is -2.21. The molecule has 27 heavy (non-hydrogen) atoms. The van der Waals surface area contributed by atoms with Crippen molar-refractivity contribution >= 4 is 0 Å². The van der Waals surface area contributed by atoms with Gasteiger partial charge in [0.15, 0.2) is 0 Å². The second-order valence-corrected chi connectivity index (χ2v) is 6.03. The molecule has 2 aromatic carbocycles. The third-order valence-corrected chi connectivity index (χ3v) is 3.97. The molecular formula is C18H17F3N4O2. The third kappa shape index (κ3) is 4.69. The highest BCUT2D eigenvalue weighted by atomic mass is 19.4. The van der Waals surface area contributed by atoms with Crippen molar-refractivity contribution in [3.05, 3.63) is 65.2 Å². The normalized spacial score (nSPS) is 12.9. The van der Waals surface area contributed by atoms with Gasteiger partial charge in [-0.2, -0.15) is 18.0 Å². The monoisotopic (exact) mass is 378 g/mol. The molecule has 0 bridgehead atoms. The number of aliphatic hydroxyl groups is 2. The van der Waals surface area contributed by atoms with Crippen molar-refractivity contribution in [1.29, 1.82) is 0 Å². The van der Waals surface area contributed by atoms with Gasteiger partial charge in [0, 0.05) is 5.56 Å². The van der Waals surface area contributed by atoms with Crippen LogP contribution in [0.25, 0.3) is 11.4 Å². The molecule has 2 N–H and O–H groups in total. The van der Waals surface area contributed by atoms with Gasteiger partial charge in [0.2, 0.25) is 5.82 Å². The zero-order valence-electron chi connectivity index (χ0n) is 14.1. The summed E-state index contributed by atoms with van der Waals surface area (Å²) in [5.74, 6) is 0.336. The molecule has 0 saturated heterocycles. The van der Waals surface area contributed by atoms with Gasteiger partial charge in [-0.05, 0) is 34.9 Å². The number of benzene rings is 2. The number of rotatable bonds is 6. The van der Waals surface area contributed by atoms with E-state index in [-0.39, 0.29) is 6.54 Å². The summed E-state index contributed by atoms with van der Waals surface area (Å²) in [5, 5.41) is 30.4. The Morgan fingerprint density at radius 2 is 1.74 bits per heavy atom. The molecule has 0 aliphatic rings. The van der Waals surface area contributed by atoms with Crippen LogP contribution in [0.5, 0.6) is 0 Å². The first-order chi connectivity index (χ1) is 12.9. The first-order valence-electron chi connectivity index (χ1n) is 8.18. The molecule has 0 fully saturated rings. The van der Waals surface area contributed by atoms with Gasteiger partial charge in [0.05, 0.1) is 24.8 Å². The van der Waals surface area contributed by atoms with Crippen molar-refractivity contribution in [2.75, 3.05) is 6.61 Å². The van der Waals surface area contributed by atoms with Gasteiger partial charge in [-0.25, -0.2) is 0 Å². The second kappa shape index (κ2) is 7.85. The highest BCUT2D eigenvalue weighted by Gasteiger charge is 2.29. The first kappa shape index (κ1) is 19.0. The fourth-order valence-corrected chi connectivity index (χ4v) is 2.60. The van der Waals surface area contributed by atoms with E-state index in [2.05, 4.69) is 15.4 Å². The molecule has 0 spiro atoms. The molecule has 1 aromatic heterocycles. The number of hydrogen-bond acceptors (Lipinski definition) is 5. The van der Waals surface area contributed by atoms with E-state index < -0.39 is 24.5 Å². The molecular weight excluding hydrogens is 361 g/mol. The van der Waals surface area contributed by atoms with Gasteiger partial charge in [0.1, 0.15) is 0 Å². The lowest BCUT2D eigenvalue weighted by atomic mass is 9.98. The predicted octanol–water partition coefficient (Wildman–Crippen LogP) is 2.30. The smallest absolute Gasteiger partial charge is 0.394 e. The highest BCUT2D eigenvalue weighted by Crippen LogP contribution is 2.30. The maximum atomic E-state index is 12.7. The number of aromatic nitrogens is 4. The van der Waals surface area contributed by atoms with Crippen molar-refractivity contribution in [2.45, 2.75) is 25.2 Å². The van der Waals surface area contributed by atoms with Gasteiger partial charge in [-0.3, -0.25) is 0 Å². The molecule has 0 amide bonds. The van der Waals surface area contributed by atoms with Crippen LogP contribution in [0.15, 0.2) is 48.5 Å². The van der Waals surface area contributed by atoms with E-state index in [1.807, 2.05) is 12.1 Å². The van der Waals surface area contributed by atoms with Crippen molar-refractivity contribution in [3.8, 4) is 11.4 Å². The number of nitrogens with zero attached hydrogens (tertiary/aromatic N) is 4. The van der Waals surface area contributed by atoms with Crippen LogP contribution in [0.4, 0.5) is 13.2 Å². The van der Waals surface area contributed by atoms with Crippen molar-refractivity contribution < 1.29 is 23.4 Å². The Balaban J connectivity index is 1.82. The Labute approximate surface area is 152 Å². The van der Waals surface area contributed by atoms with E-state index in [0.29, 0.717) is 17.8 Å². The average molecular weight is 378 g/mol. The molecule has 3 rings (SSSR count).